The maximum absolute atomic E-state index is 12.6. The molecule has 0 fully saturated rings. The van der Waals surface area contributed by atoms with Crippen LogP contribution in [0.5, 0.6) is 0 Å². The lowest BCUT2D eigenvalue weighted by molar-refractivity contribution is -0.384. The Kier molecular flexibility index (Phi) is 5.77. The Morgan fingerprint density at radius 1 is 1.06 bits per heavy atom. The Hall–Kier alpha value is -4.70. The number of non-ortho nitro benzene ring substituents is 1. The number of carbonyl (C=O) groups is 1. The number of nitrogens with zero attached hydrogens (tertiary/aromatic N) is 3. The summed E-state index contributed by atoms with van der Waals surface area (Å²) in [5.74, 6) is -0.491. The van der Waals surface area contributed by atoms with Gasteiger partial charge in [0.15, 0.2) is 0 Å². The summed E-state index contributed by atoms with van der Waals surface area (Å²) in [6.45, 7) is 0.411. The molecule has 0 saturated heterocycles. The molecule has 0 saturated carbocycles. The topological polar surface area (TPSA) is 101 Å². The molecule has 0 radical (unpaired) electrons. The molecule has 0 atom stereocenters. The van der Waals surface area contributed by atoms with E-state index in [0.717, 1.165) is 16.5 Å². The predicted octanol–water partition coefficient (Wildman–Crippen LogP) is 5.14. The van der Waals surface area contributed by atoms with Crippen molar-refractivity contribution in [2.75, 3.05) is 5.32 Å². The molecular weight excluding hydrogens is 404 g/mol. The monoisotopic (exact) mass is 422 g/mol. The average Bonchev–Trinajstić information content (AvgIpc) is 3.15. The van der Waals surface area contributed by atoms with Gasteiger partial charge in [0.05, 0.1) is 4.92 Å². The first-order valence-corrected chi connectivity index (χ1v) is 9.84. The van der Waals surface area contributed by atoms with Gasteiger partial charge in [0, 0.05) is 47.0 Å². The first-order valence-electron chi connectivity index (χ1n) is 9.84. The van der Waals surface area contributed by atoms with Crippen molar-refractivity contribution in [3.05, 3.63) is 112 Å². The van der Waals surface area contributed by atoms with E-state index in [2.05, 4.69) is 5.32 Å². The highest BCUT2D eigenvalue weighted by Gasteiger charge is 2.14. The summed E-state index contributed by atoms with van der Waals surface area (Å²) in [5.41, 5.74) is 3.00. The molecule has 1 heterocycles. The number of benzene rings is 3. The minimum absolute atomic E-state index is 0.0212. The van der Waals surface area contributed by atoms with E-state index in [9.17, 15) is 20.2 Å². The molecule has 1 amide bonds. The van der Waals surface area contributed by atoms with Crippen molar-refractivity contribution in [2.45, 2.75) is 6.54 Å². The van der Waals surface area contributed by atoms with E-state index < -0.39 is 10.8 Å². The summed E-state index contributed by atoms with van der Waals surface area (Å²) in [4.78, 5) is 23.3. The number of rotatable bonds is 6. The van der Waals surface area contributed by atoms with Gasteiger partial charge in [-0.15, -0.1) is 0 Å². The van der Waals surface area contributed by atoms with Gasteiger partial charge in [-0.2, -0.15) is 5.26 Å². The Morgan fingerprint density at radius 3 is 2.56 bits per heavy atom. The minimum Gasteiger partial charge on any atom is -0.342 e. The van der Waals surface area contributed by atoms with Crippen LogP contribution in [0.25, 0.3) is 17.0 Å². The summed E-state index contributed by atoms with van der Waals surface area (Å²) in [7, 11) is 0. The highest BCUT2D eigenvalue weighted by molar-refractivity contribution is 6.10. The number of amides is 1. The molecule has 1 N–H and O–H groups in total. The second kappa shape index (κ2) is 8.98. The number of nitro benzene ring substituents is 1. The van der Waals surface area contributed by atoms with Gasteiger partial charge in [-0.25, -0.2) is 0 Å². The number of anilines is 1. The maximum Gasteiger partial charge on any atom is 0.269 e. The van der Waals surface area contributed by atoms with Crippen LogP contribution in [0.15, 0.2) is 90.6 Å². The second-order valence-electron chi connectivity index (χ2n) is 7.15. The standard InChI is InChI=1S/C25H18N4O3/c26-15-19(25(30)27-21-8-2-1-3-9-21)14-20-17-28(24-12-5-4-11-23(20)24)16-18-7-6-10-22(13-18)29(31)32/h1-14,17H,16H2,(H,27,30)/b19-14-. The lowest BCUT2D eigenvalue weighted by Crippen LogP contribution is -2.13. The van der Waals surface area contributed by atoms with Gasteiger partial charge in [-0.1, -0.05) is 48.5 Å². The minimum atomic E-state index is -0.491. The van der Waals surface area contributed by atoms with Crippen molar-refractivity contribution in [2.24, 2.45) is 0 Å². The normalized spacial score (nSPS) is 11.2. The van der Waals surface area contributed by atoms with E-state index in [4.69, 9.17) is 0 Å². The van der Waals surface area contributed by atoms with Crippen LogP contribution >= 0.6 is 0 Å². The van der Waals surface area contributed by atoms with E-state index in [-0.39, 0.29) is 11.3 Å². The van der Waals surface area contributed by atoms with E-state index in [0.29, 0.717) is 17.8 Å². The number of carbonyl (C=O) groups excluding carboxylic acids is 1. The molecule has 0 spiro atoms. The smallest absolute Gasteiger partial charge is 0.269 e. The molecule has 0 aliphatic rings. The average molecular weight is 422 g/mol. The SMILES string of the molecule is N#C/C(=C/c1cn(Cc2cccc([N+](=O)[O-])c2)c2ccccc12)C(=O)Nc1ccccc1. The molecule has 32 heavy (non-hydrogen) atoms. The van der Waals surface area contributed by atoms with Gasteiger partial charge >= 0.3 is 0 Å². The number of nitro groups is 1. The molecule has 3 aromatic carbocycles. The molecule has 7 nitrogen and oxygen atoms in total. The number of hydrogen-bond donors (Lipinski definition) is 1. The molecule has 1 aromatic heterocycles. The van der Waals surface area contributed by atoms with Gasteiger partial charge in [0.25, 0.3) is 11.6 Å². The first kappa shape index (κ1) is 20.6. The summed E-state index contributed by atoms with van der Waals surface area (Å²) in [6, 6.07) is 25.0. The van der Waals surface area contributed by atoms with Crippen molar-refractivity contribution in [1.82, 2.24) is 4.57 Å². The highest BCUT2D eigenvalue weighted by atomic mass is 16.6. The van der Waals surface area contributed by atoms with Crippen LogP contribution in [-0.2, 0) is 11.3 Å². The maximum atomic E-state index is 12.6. The number of aromatic nitrogens is 1. The number of nitriles is 1. The van der Waals surface area contributed by atoms with E-state index >= 15 is 0 Å². The Morgan fingerprint density at radius 2 is 1.81 bits per heavy atom. The Labute approximate surface area is 184 Å². The van der Waals surface area contributed by atoms with E-state index in [1.54, 1.807) is 36.4 Å². The fourth-order valence-electron chi connectivity index (χ4n) is 3.51. The molecule has 4 aromatic rings. The van der Waals surface area contributed by atoms with Crippen LogP contribution < -0.4 is 5.32 Å². The molecule has 0 aliphatic carbocycles. The molecule has 0 unspecified atom stereocenters. The molecule has 7 heteroatoms. The summed E-state index contributed by atoms with van der Waals surface area (Å²) in [6.07, 6.45) is 3.40. The van der Waals surface area contributed by atoms with Crippen LogP contribution in [0.2, 0.25) is 0 Å². The molecule has 156 valence electrons. The van der Waals surface area contributed by atoms with Crippen LogP contribution in [0, 0.1) is 21.4 Å². The third kappa shape index (κ3) is 4.40. The zero-order valence-electron chi connectivity index (χ0n) is 16.9. The largest absolute Gasteiger partial charge is 0.342 e. The van der Waals surface area contributed by atoms with Gasteiger partial charge in [0.1, 0.15) is 11.6 Å². The van der Waals surface area contributed by atoms with Crippen LogP contribution in [0.3, 0.4) is 0 Å². The fourth-order valence-corrected chi connectivity index (χ4v) is 3.51. The molecule has 0 bridgehead atoms. The lowest BCUT2D eigenvalue weighted by Gasteiger charge is -2.05. The van der Waals surface area contributed by atoms with Gasteiger partial charge in [-0.3, -0.25) is 14.9 Å². The van der Waals surface area contributed by atoms with Crippen molar-refractivity contribution in [3.8, 4) is 6.07 Å². The zero-order valence-corrected chi connectivity index (χ0v) is 16.9. The van der Waals surface area contributed by atoms with E-state index in [1.807, 2.05) is 53.2 Å². The Bertz CT molecular complexity index is 1380. The Balaban J connectivity index is 1.69. The zero-order chi connectivity index (χ0) is 22.5. The summed E-state index contributed by atoms with van der Waals surface area (Å²) < 4.78 is 1.95. The highest BCUT2D eigenvalue weighted by Crippen LogP contribution is 2.25. The lowest BCUT2D eigenvalue weighted by atomic mass is 10.1. The molecule has 4 rings (SSSR count). The number of fused-ring (bicyclic) bond motifs is 1. The van der Waals surface area contributed by atoms with Crippen LogP contribution in [0.1, 0.15) is 11.1 Å². The van der Waals surface area contributed by atoms with Gasteiger partial charge in [0.2, 0.25) is 0 Å². The number of para-hydroxylation sites is 2. The van der Waals surface area contributed by atoms with Crippen molar-refractivity contribution < 1.29 is 9.72 Å². The van der Waals surface area contributed by atoms with Gasteiger partial charge in [-0.05, 0) is 29.8 Å². The van der Waals surface area contributed by atoms with Crippen molar-refractivity contribution in [1.29, 1.82) is 5.26 Å². The number of hydrogen-bond acceptors (Lipinski definition) is 4. The quantitative estimate of drug-likeness (QED) is 0.201. The van der Waals surface area contributed by atoms with Crippen LogP contribution in [0.4, 0.5) is 11.4 Å². The van der Waals surface area contributed by atoms with Gasteiger partial charge < -0.3 is 9.88 Å². The second-order valence-corrected chi connectivity index (χ2v) is 7.15. The molecule has 0 aliphatic heterocycles. The third-order valence-corrected chi connectivity index (χ3v) is 4.99. The fraction of sp³-hybridized carbons (Fsp3) is 0.0400. The van der Waals surface area contributed by atoms with Crippen molar-refractivity contribution >= 4 is 34.3 Å². The summed E-state index contributed by atoms with van der Waals surface area (Å²) in [5, 5.41) is 24.3. The predicted molar refractivity (Wildman–Crippen MR) is 123 cm³/mol. The number of nitrogens with one attached hydrogen (secondary N) is 1. The first-order chi connectivity index (χ1) is 15.5. The van der Waals surface area contributed by atoms with E-state index in [1.165, 1.54) is 12.1 Å². The third-order valence-electron chi connectivity index (χ3n) is 4.99. The summed E-state index contributed by atoms with van der Waals surface area (Å²) >= 11 is 0. The van der Waals surface area contributed by atoms with Crippen molar-refractivity contribution in [3.63, 3.8) is 0 Å². The molecular formula is C25H18N4O3. The van der Waals surface area contributed by atoms with Crippen LogP contribution in [-0.4, -0.2) is 15.4 Å².